The molecule has 3 heterocycles. The highest BCUT2D eigenvalue weighted by molar-refractivity contribution is 5.91. The van der Waals surface area contributed by atoms with Gasteiger partial charge in [-0.05, 0) is 0 Å². The SMILES string of the molecule is Cl.Cl.FC(F)(F)c1cnc2[nH]ncc2c1N1CCNCC1. The highest BCUT2D eigenvalue weighted by Gasteiger charge is 2.37. The molecule has 10 heteroatoms. The highest BCUT2D eigenvalue weighted by Crippen LogP contribution is 2.39. The Morgan fingerprint density at radius 2 is 1.76 bits per heavy atom. The lowest BCUT2D eigenvalue weighted by molar-refractivity contribution is -0.137. The van der Waals surface area contributed by atoms with Gasteiger partial charge in [0.15, 0.2) is 5.65 Å². The van der Waals surface area contributed by atoms with Gasteiger partial charge < -0.3 is 10.2 Å². The summed E-state index contributed by atoms with van der Waals surface area (Å²) in [6.07, 6.45) is -2.15. The van der Waals surface area contributed by atoms with Crippen molar-refractivity contribution >= 4 is 41.5 Å². The first kappa shape index (κ1) is 17.8. The first-order valence-electron chi connectivity index (χ1n) is 5.92. The average Bonchev–Trinajstić information content (AvgIpc) is 2.85. The normalized spacial score (nSPS) is 15.5. The molecule has 0 bridgehead atoms. The maximum atomic E-state index is 13.1. The number of H-pyrrole nitrogens is 1. The molecule has 5 nitrogen and oxygen atoms in total. The minimum Gasteiger partial charge on any atom is -0.368 e. The third kappa shape index (κ3) is 3.33. The molecule has 2 N–H and O–H groups in total. The number of halogens is 5. The van der Waals surface area contributed by atoms with Gasteiger partial charge in [-0.2, -0.15) is 18.3 Å². The molecule has 0 spiro atoms. The summed E-state index contributed by atoms with van der Waals surface area (Å²) in [5, 5.41) is 9.93. The zero-order valence-electron chi connectivity index (χ0n) is 10.8. The van der Waals surface area contributed by atoms with Gasteiger partial charge >= 0.3 is 6.18 Å². The largest absolute Gasteiger partial charge is 0.419 e. The summed E-state index contributed by atoms with van der Waals surface area (Å²) in [4.78, 5) is 5.52. The molecule has 118 valence electrons. The van der Waals surface area contributed by atoms with Crippen molar-refractivity contribution in [2.45, 2.75) is 6.18 Å². The van der Waals surface area contributed by atoms with Crippen LogP contribution in [0.5, 0.6) is 0 Å². The Kier molecular flexibility index (Phi) is 5.66. The van der Waals surface area contributed by atoms with Crippen molar-refractivity contribution in [3.63, 3.8) is 0 Å². The molecular formula is C11H14Cl2F3N5. The van der Waals surface area contributed by atoms with Gasteiger partial charge in [-0.1, -0.05) is 0 Å². The van der Waals surface area contributed by atoms with Crippen LogP contribution in [0.1, 0.15) is 5.56 Å². The maximum absolute atomic E-state index is 13.1. The Morgan fingerprint density at radius 3 is 2.38 bits per heavy atom. The van der Waals surface area contributed by atoms with Gasteiger partial charge in [-0.15, -0.1) is 24.8 Å². The summed E-state index contributed by atoms with van der Waals surface area (Å²) < 4.78 is 39.4. The number of anilines is 1. The van der Waals surface area contributed by atoms with E-state index in [0.717, 1.165) is 6.20 Å². The summed E-state index contributed by atoms with van der Waals surface area (Å²) >= 11 is 0. The van der Waals surface area contributed by atoms with E-state index < -0.39 is 11.7 Å². The molecule has 0 radical (unpaired) electrons. The molecule has 0 atom stereocenters. The summed E-state index contributed by atoms with van der Waals surface area (Å²) in [6.45, 7) is 2.40. The van der Waals surface area contributed by atoms with E-state index in [9.17, 15) is 13.2 Å². The van der Waals surface area contributed by atoms with Crippen molar-refractivity contribution in [1.29, 1.82) is 0 Å². The smallest absolute Gasteiger partial charge is 0.368 e. The minimum absolute atomic E-state index is 0. The molecule has 3 rings (SSSR count). The van der Waals surface area contributed by atoms with Gasteiger partial charge in [0.05, 0.1) is 22.8 Å². The number of nitrogens with one attached hydrogen (secondary N) is 2. The molecule has 2 aromatic heterocycles. The fourth-order valence-corrected chi connectivity index (χ4v) is 2.32. The van der Waals surface area contributed by atoms with E-state index in [1.165, 1.54) is 6.20 Å². The molecule has 1 aliphatic heterocycles. The Bertz CT molecular complexity index is 595. The number of nitrogens with zero attached hydrogens (tertiary/aromatic N) is 3. The summed E-state index contributed by atoms with van der Waals surface area (Å²) in [5.41, 5.74) is -0.155. The summed E-state index contributed by atoms with van der Waals surface area (Å²) in [6, 6.07) is 0. The first-order valence-corrected chi connectivity index (χ1v) is 5.92. The second-order valence-corrected chi connectivity index (χ2v) is 4.39. The van der Waals surface area contributed by atoms with Crippen molar-refractivity contribution in [3.05, 3.63) is 18.0 Å². The van der Waals surface area contributed by atoms with Crippen LogP contribution in [-0.2, 0) is 6.18 Å². The highest BCUT2D eigenvalue weighted by atomic mass is 35.5. The number of fused-ring (bicyclic) bond motifs is 1. The van der Waals surface area contributed by atoms with Crippen molar-refractivity contribution in [3.8, 4) is 0 Å². The molecule has 0 unspecified atom stereocenters. The van der Waals surface area contributed by atoms with Gasteiger partial charge in [0.25, 0.3) is 0 Å². The van der Waals surface area contributed by atoms with E-state index in [0.29, 0.717) is 37.2 Å². The van der Waals surface area contributed by atoms with E-state index in [1.807, 2.05) is 0 Å². The van der Waals surface area contributed by atoms with Crippen LogP contribution in [-0.4, -0.2) is 41.4 Å². The molecular weight excluding hydrogens is 330 g/mol. The molecule has 1 saturated heterocycles. The number of piperazine rings is 1. The van der Waals surface area contributed by atoms with Gasteiger partial charge in [-0.25, -0.2) is 4.98 Å². The van der Waals surface area contributed by atoms with Crippen LogP contribution in [0, 0.1) is 0 Å². The van der Waals surface area contributed by atoms with Crippen molar-refractivity contribution in [2.24, 2.45) is 0 Å². The second-order valence-electron chi connectivity index (χ2n) is 4.39. The fraction of sp³-hybridized carbons (Fsp3) is 0.455. The Labute approximate surface area is 131 Å². The van der Waals surface area contributed by atoms with Gasteiger partial charge in [0.2, 0.25) is 0 Å². The number of hydrogen-bond acceptors (Lipinski definition) is 4. The van der Waals surface area contributed by atoms with Crippen LogP contribution in [0.15, 0.2) is 12.4 Å². The third-order valence-electron chi connectivity index (χ3n) is 3.19. The number of alkyl halides is 3. The molecule has 21 heavy (non-hydrogen) atoms. The minimum atomic E-state index is -4.42. The van der Waals surface area contributed by atoms with Gasteiger partial charge in [0, 0.05) is 32.4 Å². The van der Waals surface area contributed by atoms with Crippen LogP contribution in [0.25, 0.3) is 11.0 Å². The summed E-state index contributed by atoms with van der Waals surface area (Å²) in [5.74, 6) is 0. The van der Waals surface area contributed by atoms with Crippen molar-refractivity contribution in [2.75, 3.05) is 31.1 Å². The van der Waals surface area contributed by atoms with Crippen LogP contribution < -0.4 is 10.2 Å². The van der Waals surface area contributed by atoms with E-state index in [2.05, 4.69) is 20.5 Å². The van der Waals surface area contributed by atoms with E-state index in [1.54, 1.807) is 4.90 Å². The lowest BCUT2D eigenvalue weighted by Gasteiger charge is -2.31. The Morgan fingerprint density at radius 1 is 1.10 bits per heavy atom. The number of rotatable bonds is 1. The van der Waals surface area contributed by atoms with Crippen LogP contribution in [0.2, 0.25) is 0 Å². The van der Waals surface area contributed by atoms with Crippen LogP contribution >= 0.6 is 24.8 Å². The lowest BCUT2D eigenvalue weighted by Crippen LogP contribution is -2.44. The molecule has 0 aliphatic carbocycles. The van der Waals surface area contributed by atoms with Crippen molar-refractivity contribution < 1.29 is 13.2 Å². The number of aromatic nitrogens is 3. The van der Waals surface area contributed by atoms with E-state index in [4.69, 9.17) is 0 Å². The predicted molar refractivity (Wildman–Crippen MR) is 78.5 cm³/mol. The molecule has 0 saturated carbocycles. The topological polar surface area (TPSA) is 56.8 Å². The molecule has 0 amide bonds. The third-order valence-corrected chi connectivity index (χ3v) is 3.19. The number of pyridine rings is 1. The number of hydrogen-bond donors (Lipinski definition) is 2. The molecule has 2 aromatic rings. The summed E-state index contributed by atoms with van der Waals surface area (Å²) in [7, 11) is 0. The van der Waals surface area contributed by atoms with Gasteiger partial charge in [0.1, 0.15) is 0 Å². The standard InChI is InChI=1S/C11H12F3N5.2ClH/c12-11(13,14)8-6-16-10-7(5-17-18-10)9(8)19-3-1-15-2-4-19;;/h5-6,15H,1-4H2,(H,16,17,18);2*1H. The van der Waals surface area contributed by atoms with Gasteiger partial charge in [-0.3, -0.25) is 5.10 Å². The molecule has 1 aliphatic rings. The van der Waals surface area contributed by atoms with E-state index in [-0.39, 0.29) is 30.5 Å². The first-order chi connectivity index (χ1) is 9.07. The molecule has 0 aromatic carbocycles. The zero-order valence-corrected chi connectivity index (χ0v) is 12.4. The zero-order chi connectivity index (χ0) is 13.5. The molecule has 1 fully saturated rings. The van der Waals surface area contributed by atoms with E-state index >= 15 is 0 Å². The predicted octanol–water partition coefficient (Wildman–Crippen LogP) is 2.23. The number of aromatic amines is 1. The Hall–Kier alpha value is -1.25. The van der Waals surface area contributed by atoms with Crippen LogP contribution in [0.4, 0.5) is 18.9 Å². The van der Waals surface area contributed by atoms with Crippen LogP contribution in [0.3, 0.4) is 0 Å². The van der Waals surface area contributed by atoms with Crippen molar-refractivity contribution in [1.82, 2.24) is 20.5 Å². The quantitative estimate of drug-likeness (QED) is 0.833. The lowest BCUT2D eigenvalue weighted by atomic mass is 10.1. The Balaban J connectivity index is 0.00000110. The maximum Gasteiger partial charge on any atom is 0.419 e. The average molecular weight is 344 g/mol. The monoisotopic (exact) mass is 343 g/mol. The second kappa shape index (κ2) is 6.67. The fourth-order valence-electron chi connectivity index (χ4n) is 2.32.